The van der Waals surface area contributed by atoms with Crippen molar-refractivity contribution in [1.29, 1.82) is 0 Å². The number of ether oxygens (including phenoxy) is 1. The number of nitrogens with zero attached hydrogens (tertiary/aromatic N) is 3. The smallest absolute Gasteiger partial charge is 0.259 e. The molecular weight excluding hydrogens is 244 g/mol. The first-order chi connectivity index (χ1) is 9.17. The van der Waals surface area contributed by atoms with E-state index in [9.17, 15) is 0 Å². The number of hydrogen-bond acceptors (Lipinski definition) is 6. The van der Waals surface area contributed by atoms with Gasteiger partial charge >= 0.3 is 0 Å². The summed E-state index contributed by atoms with van der Waals surface area (Å²) in [6.45, 7) is 2.74. The number of nitrogens with two attached hydrogens (primary N) is 1. The largest absolute Gasteiger partial charge is 0.384 e. The zero-order valence-corrected chi connectivity index (χ0v) is 10.8. The van der Waals surface area contributed by atoms with Crippen molar-refractivity contribution in [3.05, 3.63) is 24.2 Å². The molecule has 0 aromatic carbocycles. The summed E-state index contributed by atoms with van der Waals surface area (Å²) >= 11 is 0. The van der Waals surface area contributed by atoms with Crippen LogP contribution in [0.25, 0.3) is 11.5 Å². The average Bonchev–Trinajstić information content (AvgIpc) is 2.91. The molecule has 2 aromatic heterocycles. The fourth-order valence-corrected chi connectivity index (χ4v) is 2.20. The van der Waals surface area contributed by atoms with Crippen LogP contribution in [0.15, 0.2) is 22.9 Å². The minimum absolute atomic E-state index is 0.442. The fraction of sp³-hybridized carbons (Fsp3) is 0.462. The Morgan fingerprint density at radius 2 is 2.21 bits per heavy atom. The number of anilines is 1. The van der Waals surface area contributed by atoms with Crippen LogP contribution in [-0.2, 0) is 10.3 Å². The van der Waals surface area contributed by atoms with Crippen LogP contribution in [0.1, 0.15) is 32.0 Å². The van der Waals surface area contributed by atoms with Gasteiger partial charge in [0, 0.05) is 12.8 Å². The molecule has 1 atom stereocenters. The summed E-state index contributed by atoms with van der Waals surface area (Å²) in [5, 5.41) is 4.04. The van der Waals surface area contributed by atoms with Crippen LogP contribution in [0, 0.1) is 0 Å². The van der Waals surface area contributed by atoms with E-state index in [-0.39, 0.29) is 0 Å². The molecule has 0 aliphatic carbocycles. The maximum atomic E-state index is 5.80. The number of rotatable bonds is 2. The molecule has 0 amide bonds. The molecule has 2 N–H and O–H groups in total. The summed E-state index contributed by atoms with van der Waals surface area (Å²) in [6, 6.07) is 3.52. The third-order valence-corrected chi connectivity index (χ3v) is 3.40. The van der Waals surface area contributed by atoms with Gasteiger partial charge in [-0.3, -0.25) is 0 Å². The molecule has 3 heterocycles. The summed E-state index contributed by atoms with van der Waals surface area (Å²) in [5.41, 5.74) is 5.86. The third-order valence-electron chi connectivity index (χ3n) is 3.40. The predicted octanol–water partition coefficient (Wildman–Crippen LogP) is 2.13. The van der Waals surface area contributed by atoms with Crippen molar-refractivity contribution in [2.45, 2.75) is 31.8 Å². The first-order valence-corrected chi connectivity index (χ1v) is 6.37. The van der Waals surface area contributed by atoms with E-state index in [4.69, 9.17) is 15.0 Å². The molecule has 19 heavy (non-hydrogen) atoms. The fourth-order valence-electron chi connectivity index (χ4n) is 2.20. The molecule has 6 nitrogen and oxygen atoms in total. The average molecular weight is 260 g/mol. The lowest BCUT2D eigenvalue weighted by Gasteiger charge is -2.30. The molecule has 0 radical (unpaired) electrons. The highest BCUT2D eigenvalue weighted by Crippen LogP contribution is 2.33. The van der Waals surface area contributed by atoms with Gasteiger partial charge in [0.05, 0.1) is 5.56 Å². The van der Waals surface area contributed by atoms with Gasteiger partial charge in [-0.05, 0) is 38.3 Å². The van der Waals surface area contributed by atoms with Crippen LogP contribution in [0.3, 0.4) is 0 Å². The lowest BCUT2D eigenvalue weighted by atomic mass is 9.95. The summed E-state index contributed by atoms with van der Waals surface area (Å²) in [7, 11) is 0. The maximum Gasteiger partial charge on any atom is 0.259 e. The lowest BCUT2D eigenvalue weighted by molar-refractivity contribution is -0.0770. The molecule has 0 spiro atoms. The van der Waals surface area contributed by atoms with Gasteiger partial charge < -0.3 is 15.0 Å². The van der Waals surface area contributed by atoms with Gasteiger partial charge in [0.2, 0.25) is 5.82 Å². The molecule has 0 saturated carbocycles. The van der Waals surface area contributed by atoms with Crippen molar-refractivity contribution in [1.82, 2.24) is 15.1 Å². The molecule has 1 fully saturated rings. The van der Waals surface area contributed by atoms with Crippen molar-refractivity contribution < 1.29 is 9.26 Å². The maximum absolute atomic E-state index is 5.80. The number of aromatic nitrogens is 3. The predicted molar refractivity (Wildman–Crippen MR) is 69.1 cm³/mol. The van der Waals surface area contributed by atoms with E-state index in [1.54, 1.807) is 12.3 Å². The first-order valence-electron chi connectivity index (χ1n) is 6.37. The molecule has 6 heteroatoms. The Morgan fingerprint density at radius 3 is 2.89 bits per heavy atom. The van der Waals surface area contributed by atoms with E-state index < -0.39 is 5.60 Å². The Hall–Kier alpha value is -1.95. The van der Waals surface area contributed by atoms with E-state index in [1.165, 1.54) is 0 Å². The summed E-state index contributed by atoms with van der Waals surface area (Å²) in [4.78, 5) is 8.44. The topological polar surface area (TPSA) is 87.1 Å². The number of nitrogen functional groups attached to an aromatic ring is 1. The molecular formula is C13H16N4O2. The highest BCUT2D eigenvalue weighted by atomic mass is 16.5. The van der Waals surface area contributed by atoms with Gasteiger partial charge in [0.25, 0.3) is 5.89 Å². The van der Waals surface area contributed by atoms with E-state index in [0.29, 0.717) is 17.5 Å². The van der Waals surface area contributed by atoms with Crippen molar-refractivity contribution in [3.63, 3.8) is 0 Å². The summed E-state index contributed by atoms with van der Waals surface area (Å²) < 4.78 is 11.1. The van der Waals surface area contributed by atoms with Crippen molar-refractivity contribution in [3.8, 4) is 11.5 Å². The van der Waals surface area contributed by atoms with E-state index in [0.717, 1.165) is 31.4 Å². The lowest BCUT2D eigenvalue weighted by Crippen LogP contribution is -2.31. The van der Waals surface area contributed by atoms with Gasteiger partial charge in [-0.15, -0.1) is 0 Å². The van der Waals surface area contributed by atoms with Gasteiger partial charge in [-0.1, -0.05) is 5.16 Å². The summed E-state index contributed by atoms with van der Waals surface area (Å²) in [6.07, 6.45) is 4.73. The standard InChI is InChI=1S/C13H16N4O2/c1-13(6-2-3-7-18-13)12-16-11(19-17-12)9-4-5-10(14)15-8-9/h4-5,8H,2-3,6-7H2,1H3,(H2,14,15). The Labute approximate surface area is 111 Å². The SMILES string of the molecule is CC1(c2noc(-c3ccc(N)nc3)n2)CCCCO1. The van der Waals surface area contributed by atoms with Crippen LogP contribution in [0.4, 0.5) is 5.82 Å². The second kappa shape index (κ2) is 4.62. The molecule has 1 unspecified atom stereocenters. The van der Waals surface area contributed by atoms with E-state index in [1.807, 2.05) is 13.0 Å². The van der Waals surface area contributed by atoms with Crippen LogP contribution in [0.5, 0.6) is 0 Å². The summed E-state index contributed by atoms with van der Waals surface area (Å²) in [5.74, 6) is 1.50. The molecule has 1 saturated heterocycles. The highest BCUT2D eigenvalue weighted by molar-refractivity contribution is 5.53. The Morgan fingerprint density at radius 1 is 1.32 bits per heavy atom. The van der Waals surface area contributed by atoms with Gasteiger partial charge in [-0.2, -0.15) is 4.98 Å². The number of hydrogen-bond donors (Lipinski definition) is 1. The zero-order chi connectivity index (χ0) is 13.3. The monoisotopic (exact) mass is 260 g/mol. The third kappa shape index (κ3) is 2.31. The molecule has 1 aliphatic rings. The normalized spacial score (nSPS) is 23.4. The van der Waals surface area contributed by atoms with Crippen molar-refractivity contribution in [2.24, 2.45) is 0 Å². The van der Waals surface area contributed by atoms with Crippen LogP contribution < -0.4 is 5.73 Å². The van der Waals surface area contributed by atoms with E-state index >= 15 is 0 Å². The Balaban J connectivity index is 1.88. The minimum atomic E-state index is -0.443. The zero-order valence-electron chi connectivity index (χ0n) is 10.8. The van der Waals surface area contributed by atoms with Gasteiger partial charge in [0.15, 0.2) is 0 Å². The molecule has 0 bridgehead atoms. The van der Waals surface area contributed by atoms with Gasteiger partial charge in [-0.25, -0.2) is 4.98 Å². The van der Waals surface area contributed by atoms with E-state index in [2.05, 4.69) is 15.1 Å². The highest BCUT2D eigenvalue weighted by Gasteiger charge is 2.35. The molecule has 3 rings (SSSR count). The molecule has 1 aliphatic heterocycles. The Kier molecular flexibility index (Phi) is 2.94. The minimum Gasteiger partial charge on any atom is -0.384 e. The number of pyridine rings is 1. The van der Waals surface area contributed by atoms with Gasteiger partial charge in [0.1, 0.15) is 11.4 Å². The molecule has 100 valence electrons. The molecule has 2 aromatic rings. The Bertz CT molecular complexity index is 558. The first kappa shape index (κ1) is 12.1. The van der Waals surface area contributed by atoms with Crippen LogP contribution >= 0.6 is 0 Å². The van der Waals surface area contributed by atoms with Crippen molar-refractivity contribution >= 4 is 5.82 Å². The second-order valence-corrected chi connectivity index (χ2v) is 4.93. The van der Waals surface area contributed by atoms with Crippen LogP contribution in [0.2, 0.25) is 0 Å². The van der Waals surface area contributed by atoms with Crippen molar-refractivity contribution in [2.75, 3.05) is 12.3 Å². The quantitative estimate of drug-likeness (QED) is 0.890. The van der Waals surface area contributed by atoms with Crippen LogP contribution in [-0.4, -0.2) is 21.7 Å². The second-order valence-electron chi connectivity index (χ2n) is 4.93.